The number of aliphatic carboxylic acids is 1. The summed E-state index contributed by atoms with van der Waals surface area (Å²) < 4.78 is 0. The molecule has 0 aliphatic heterocycles. The zero-order chi connectivity index (χ0) is 15.1. The zero-order valence-electron chi connectivity index (χ0n) is 11.7. The molecule has 6 nitrogen and oxygen atoms in total. The van der Waals surface area contributed by atoms with E-state index < -0.39 is 5.97 Å². The van der Waals surface area contributed by atoms with Crippen molar-refractivity contribution in [3.8, 4) is 0 Å². The maximum Gasteiger partial charge on any atom is 0.306 e. The van der Waals surface area contributed by atoms with E-state index in [1.807, 2.05) is 6.92 Å². The number of rotatable bonds is 7. The smallest absolute Gasteiger partial charge is 0.306 e. The molecule has 0 radical (unpaired) electrons. The maximum absolute atomic E-state index is 11.8. The summed E-state index contributed by atoms with van der Waals surface area (Å²) in [6, 6.07) is 2.72. The minimum absolute atomic E-state index is 0.0459. The second kappa shape index (κ2) is 7.47. The summed E-state index contributed by atoms with van der Waals surface area (Å²) in [5.74, 6) is -1.41. The second-order valence-electron chi connectivity index (χ2n) is 4.99. The number of carboxylic acid groups (broad SMARTS) is 1. The SMILES string of the molecule is CC(CCCC(C)C(=O)O)NC(=O)c1ccc(=O)[nH]c1. The van der Waals surface area contributed by atoms with Gasteiger partial charge in [-0.05, 0) is 25.8 Å². The number of H-pyrrole nitrogens is 1. The van der Waals surface area contributed by atoms with Crippen LogP contribution < -0.4 is 10.9 Å². The van der Waals surface area contributed by atoms with Crippen LogP contribution >= 0.6 is 0 Å². The highest BCUT2D eigenvalue weighted by atomic mass is 16.4. The predicted octanol–water partition coefficient (Wildman–Crippen LogP) is 1.38. The number of nitrogens with one attached hydrogen (secondary N) is 2. The molecule has 0 aliphatic rings. The van der Waals surface area contributed by atoms with Crippen molar-refractivity contribution in [3.63, 3.8) is 0 Å². The number of hydrogen-bond donors (Lipinski definition) is 3. The molecule has 2 atom stereocenters. The van der Waals surface area contributed by atoms with E-state index in [-0.39, 0.29) is 23.4 Å². The molecule has 0 bridgehead atoms. The van der Waals surface area contributed by atoms with Crippen molar-refractivity contribution < 1.29 is 14.7 Å². The Labute approximate surface area is 117 Å². The Morgan fingerprint density at radius 3 is 2.55 bits per heavy atom. The second-order valence-corrected chi connectivity index (χ2v) is 4.99. The monoisotopic (exact) mass is 280 g/mol. The van der Waals surface area contributed by atoms with E-state index in [0.29, 0.717) is 18.4 Å². The third-order valence-electron chi connectivity index (χ3n) is 3.12. The normalized spacial score (nSPS) is 13.5. The molecule has 1 aromatic rings. The summed E-state index contributed by atoms with van der Waals surface area (Å²) in [6.45, 7) is 3.54. The number of carbonyl (C=O) groups is 2. The van der Waals surface area contributed by atoms with E-state index in [1.54, 1.807) is 6.92 Å². The van der Waals surface area contributed by atoms with E-state index >= 15 is 0 Å². The van der Waals surface area contributed by atoms with Gasteiger partial charge in [0.1, 0.15) is 0 Å². The topological polar surface area (TPSA) is 99.3 Å². The Balaban J connectivity index is 2.36. The van der Waals surface area contributed by atoms with Gasteiger partial charge < -0.3 is 15.4 Å². The standard InChI is InChI=1S/C14H20N2O4/c1-9(14(19)20)4-3-5-10(2)16-13(18)11-6-7-12(17)15-8-11/h6-10H,3-5H2,1-2H3,(H,15,17)(H,16,18)(H,19,20). The van der Waals surface area contributed by atoms with Gasteiger partial charge in [-0.3, -0.25) is 14.4 Å². The van der Waals surface area contributed by atoms with E-state index in [2.05, 4.69) is 10.3 Å². The van der Waals surface area contributed by atoms with Gasteiger partial charge in [0.15, 0.2) is 0 Å². The molecule has 110 valence electrons. The van der Waals surface area contributed by atoms with Crippen LogP contribution in [0.25, 0.3) is 0 Å². The summed E-state index contributed by atoms with van der Waals surface area (Å²) in [6.07, 6.45) is 3.42. The van der Waals surface area contributed by atoms with Gasteiger partial charge in [0.25, 0.3) is 5.91 Å². The first-order valence-corrected chi connectivity index (χ1v) is 6.62. The lowest BCUT2D eigenvalue weighted by molar-refractivity contribution is -0.141. The number of aromatic nitrogens is 1. The van der Waals surface area contributed by atoms with Gasteiger partial charge in [-0.1, -0.05) is 13.3 Å². The van der Waals surface area contributed by atoms with E-state index in [0.717, 1.165) is 6.42 Å². The minimum Gasteiger partial charge on any atom is -0.481 e. The highest BCUT2D eigenvalue weighted by Gasteiger charge is 2.13. The fourth-order valence-electron chi connectivity index (χ4n) is 1.78. The quantitative estimate of drug-likeness (QED) is 0.702. The number of hydrogen-bond acceptors (Lipinski definition) is 3. The summed E-state index contributed by atoms with van der Waals surface area (Å²) in [5.41, 5.74) is 0.146. The molecule has 1 heterocycles. The minimum atomic E-state index is -0.796. The zero-order valence-corrected chi connectivity index (χ0v) is 11.7. The van der Waals surface area contributed by atoms with Gasteiger partial charge in [-0.15, -0.1) is 0 Å². The molecule has 2 unspecified atom stereocenters. The van der Waals surface area contributed by atoms with Crippen molar-refractivity contribution in [2.75, 3.05) is 0 Å². The first-order valence-electron chi connectivity index (χ1n) is 6.62. The number of pyridine rings is 1. The fraction of sp³-hybridized carbons (Fsp3) is 0.500. The van der Waals surface area contributed by atoms with Crippen molar-refractivity contribution >= 4 is 11.9 Å². The number of carbonyl (C=O) groups excluding carboxylic acids is 1. The number of aromatic amines is 1. The highest BCUT2D eigenvalue weighted by Crippen LogP contribution is 2.10. The largest absolute Gasteiger partial charge is 0.481 e. The van der Waals surface area contributed by atoms with Crippen molar-refractivity contribution in [1.29, 1.82) is 0 Å². The predicted molar refractivity (Wildman–Crippen MR) is 74.6 cm³/mol. The van der Waals surface area contributed by atoms with Crippen LogP contribution in [-0.2, 0) is 4.79 Å². The lowest BCUT2D eigenvalue weighted by Gasteiger charge is -2.14. The van der Waals surface area contributed by atoms with Crippen molar-refractivity contribution in [3.05, 3.63) is 34.2 Å². The van der Waals surface area contributed by atoms with Gasteiger partial charge in [0.05, 0.1) is 11.5 Å². The van der Waals surface area contributed by atoms with Crippen molar-refractivity contribution in [2.45, 2.75) is 39.2 Å². The van der Waals surface area contributed by atoms with Crippen LogP contribution in [0.2, 0.25) is 0 Å². The Morgan fingerprint density at radius 2 is 2.00 bits per heavy atom. The first kappa shape index (κ1) is 15.9. The summed E-state index contributed by atoms with van der Waals surface area (Å²) >= 11 is 0. The fourth-order valence-corrected chi connectivity index (χ4v) is 1.78. The van der Waals surface area contributed by atoms with Crippen LogP contribution in [0, 0.1) is 5.92 Å². The third kappa shape index (κ3) is 5.26. The summed E-state index contributed by atoms with van der Waals surface area (Å²) in [4.78, 5) is 35.8. The van der Waals surface area contributed by atoms with E-state index in [1.165, 1.54) is 18.3 Å². The first-order chi connectivity index (χ1) is 9.40. The Kier molecular flexibility index (Phi) is 5.96. The molecule has 6 heteroatoms. The van der Waals surface area contributed by atoms with Crippen LogP contribution in [0.3, 0.4) is 0 Å². The number of carboxylic acids is 1. The Hall–Kier alpha value is -2.11. The van der Waals surface area contributed by atoms with Crippen LogP contribution in [0.1, 0.15) is 43.5 Å². The average molecular weight is 280 g/mol. The third-order valence-corrected chi connectivity index (χ3v) is 3.12. The molecular weight excluding hydrogens is 260 g/mol. The molecular formula is C14H20N2O4. The molecule has 0 saturated carbocycles. The molecule has 0 aliphatic carbocycles. The van der Waals surface area contributed by atoms with Crippen molar-refractivity contribution in [2.24, 2.45) is 5.92 Å². The van der Waals surface area contributed by atoms with Crippen LogP contribution in [0.15, 0.2) is 23.1 Å². The molecule has 0 spiro atoms. The van der Waals surface area contributed by atoms with Crippen LogP contribution in [0.4, 0.5) is 0 Å². The van der Waals surface area contributed by atoms with Gasteiger partial charge in [0, 0.05) is 18.3 Å². The van der Waals surface area contributed by atoms with Gasteiger partial charge in [-0.2, -0.15) is 0 Å². The molecule has 3 N–H and O–H groups in total. The lowest BCUT2D eigenvalue weighted by atomic mass is 10.0. The summed E-state index contributed by atoms with van der Waals surface area (Å²) in [5, 5.41) is 11.6. The van der Waals surface area contributed by atoms with Gasteiger partial charge >= 0.3 is 5.97 Å². The van der Waals surface area contributed by atoms with E-state index in [4.69, 9.17) is 5.11 Å². The molecule has 1 amide bonds. The Bertz CT molecular complexity index is 504. The highest BCUT2D eigenvalue weighted by molar-refractivity contribution is 5.93. The molecule has 20 heavy (non-hydrogen) atoms. The van der Waals surface area contributed by atoms with Gasteiger partial charge in [0.2, 0.25) is 5.56 Å². The molecule has 0 saturated heterocycles. The molecule has 1 aromatic heterocycles. The van der Waals surface area contributed by atoms with Crippen molar-refractivity contribution in [1.82, 2.24) is 10.3 Å². The Morgan fingerprint density at radius 1 is 1.30 bits per heavy atom. The van der Waals surface area contributed by atoms with E-state index in [9.17, 15) is 14.4 Å². The molecule has 0 aromatic carbocycles. The summed E-state index contributed by atoms with van der Waals surface area (Å²) in [7, 11) is 0. The number of amides is 1. The average Bonchev–Trinajstić information content (AvgIpc) is 2.39. The van der Waals surface area contributed by atoms with Crippen LogP contribution in [-0.4, -0.2) is 28.0 Å². The lowest BCUT2D eigenvalue weighted by Crippen LogP contribution is -2.33. The molecule has 1 rings (SSSR count). The van der Waals surface area contributed by atoms with Gasteiger partial charge in [-0.25, -0.2) is 0 Å². The van der Waals surface area contributed by atoms with Crippen LogP contribution in [0.5, 0.6) is 0 Å². The molecule has 0 fully saturated rings. The maximum atomic E-state index is 11.8.